The summed E-state index contributed by atoms with van der Waals surface area (Å²) in [7, 11) is 0. The van der Waals surface area contributed by atoms with E-state index in [9.17, 15) is 4.79 Å². The van der Waals surface area contributed by atoms with E-state index in [-0.39, 0.29) is 11.8 Å². The Labute approximate surface area is 148 Å². The average molecular weight is 349 g/mol. The predicted molar refractivity (Wildman–Crippen MR) is 91.0 cm³/mol. The molecule has 7 nitrogen and oxygen atoms in total. The first-order valence-corrected chi connectivity index (χ1v) is 8.39. The number of aromatic nitrogens is 2. The number of benzene rings is 1. The van der Waals surface area contributed by atoms with Crippen molar-refractivity contribution in [2.24, 2.45) is 0 Å². The lowest BCUT2D eigenvalue weighted by molar-refractivity contribution is -0.128. The number of rotatable bonds is 4. The highest BCUT2D eigenvalue weighted by Crippen LogP contribution is 2.31. The summed E-state index contributed by atoms with van der Waals surface area (Å²) in [5.74, 6) is 2.09. The number of para-hydroxylation sites is 1. The Bertz CT molecular complexity index is 1030. The van der Waals surface area contributed by atoms with E-state index in [0.29, 0.717) is 37.0 Å². The summed E-state index contributed by atoms with van der Waals surface area (Å²) in [6, 6.07) is 13.3. The number of carbonyl (C=O) groups excluding carboxylic acids is 1. The van der Waals surface area contributed by atoms with E-state index in [1.807, 2.05) is 42.5 Å². The van der Waals surface area contributed by atoms with Crippen molar-refractivity contribution < 1.29 is 18.2 Å². The summed E-state index contributed by atoms with van der Waals surface area (Å²) in [6.07, 6.45) is 1.95. The maximum absolute atomic E-state index is 12.3. The van der Waals surface area contributed by atoms with Crippen LogP contribution in [-0.4, -0.2) is 27.5 Å². The fourth-order valence-corrected chi connectivity index (χ4v) is 3.27. The zero-order valence-corrected chi connectivity index (χ0v) is 13.8. The van der Waals surface area contributed by atoms with Gasteiger partial charge in [0.15, 0.2) is 5.76 Å². The molecule has 1 aliphatic rings. The Kier molecular flexibility index (Phi) is 3.38. The molecular formula is C19H15N3O4. The Morgan fingerprint density at radius 1 is 1.19 bits per heavy atom. The van der Waals surface area contributed by atoms with E-state index in [2.05, 4.69) is 10.1 Å². The first-order chi connectivity index (χ1) is 12.8. The van der Waals surface area contributed by atoms with Crippen molar-refractivity contribution in [3.63, 3.8) is 0 Å². The number of carbonyl (C=O) groups is 1. The Morgan fingerprint density at radius 3 is 2.96 bits per heavy atom. The van der Waals surface area contributed by atoms with Gasteiger partial charge in [0, 0.05) is 18.4 Å². The fourth-order valence-electron chi connectivity index (χ4n) is 3.27. The third-order valence-electron chi connectivity index (χ3n) is 4.58. The molecule has 4 heterocycles. The molecule has 4 aromatic rings. The highest BCUT2D eigenvalue weighted by Gasteiger charge is 2.35. The molecule has 5 rings (SSSR count). The molecule has 0 bridgehead atoms. The first-order valence-electron chi connectivity index (χ1n) is 8.39. The van der Waals surface area contributed by atoms with Gasteiger partial charge in [-0.2, -0.15) is 4.98 Å². The van der Waals surface area contributed by atoms with Crippen LogP contribution in [0.4, 0.5) is 0 Å². The van der Waals surface area contributed by atoms with Crippen molar-refractivity contribution in [2.45, 2.75) is 18.9 Å². The number of hydrogen-bond acceptors (Lipinski definition) is 6. The van der Waals surface area contributed by atoms with E-state index in [4.69, 9.17) is 13.4 Å². The van der Waals surface area contributed by atoms with Gasteiger partial charge in [-0.05, 0) is 24.3 Å². The first kappa shape index (κ1) is 14.9. The molecule has 1 atom stereocenters. The summed E-state index contributed by atoms with van der Waals surface area (Å²) >= 11 is 0. The van der Waals surface area contributed by atoms with Gasteiger partial charge in [-0.15, -0.1) is 0 Å². The molecule has 3 aromatic heterocycles. The fraction of sp³-hybridized carbons (Fsp3) is 0.211. The molecule has 7 heteroatoms. The van der Waals surface area contributed by atoms with Gasteiger partial charge in [-0.25, -0.2) is 0 Å². The molecule has 1 amide bonds. The number of nitrogens with zero attached hydrogens (tertiary/aromatic N) is 3. The van der Waals surface area contributed by atoms with Gasteiger partial charge >= 0.3 is 0 Å². The second-order valence-electron chi connectivity index (χ2n) is 6.36. The summed E-state index contributed by atoms with van der Waals surface area (Å²) in [6.45, 7) is 0.980. The Balaban J connectivity index is 1.36. The van der Waals surface area contributed by atoms with Crippen LogP contribution in [0.25, 0.3) is 22.6 Å². The molecule has 1 fully saturated rings. The normalized spacial score (nSPS) is 17.5. The summed E-state index contributed by atoms with van der Waals surface area (Å²) in [4.78, 5) is 18.4. The molecule has 0 aliphatic carbocycles. The SMILES string of the molecule is O=C1CC(c2nc(-c3cc4ccccc4o3)no2)CN1Cc1ccco1. The zero-order chi connectivity index (χ0) is 17.5. The Morgan fingerprint density at radius 2 is 2.12 bits per heavy atom. The molecule has 1 unspecified atom stereocenters. The van der Waals surface area contributed by atoms with Gasteiger partial charge in [-0.1, -0.05) is 23.4 Å². The lowest BCUT2D eigenvalue weighted by Gasteiger charge is -2.13. The lowest BCUT2D eigenvalue weighted by atomic mass is 10.1. The van der Waals surface area contributed by atoms with Crippen LogP contribution in [0.1, 0.15) is 24.0 Å². The maximum atomic E-state index is 12.3. The molecule has 130 valence electrons. The van der Waals surface area contributed by atoms with Crippen LogP contribution < -0.4 is 0 Å². The molecule has 1 aliphatic heterocycles. The third kappa shape index (κ3) is 2.57. The number of furan rings is 2. The zero-order valence-electron chi connectivity index (χ0n) is 13.8. The molecular weight excluding hydrogens is 334 g/mol. The lowest BCUT2D eigenvalue weighted by Crippen LogP contribution is -2.24. The summed E-state index contributed by atoms with van der Waals surface area (Å²) in [5.41, 5.74) is 0.773. The third-order valence-corrected chi connectivity index (χ3v) is 4.58. The predicted octanol–water partition coefficient (Wildman–Crippen LogP) is 3.59. The van der Waals surface area contributed by atoms with Crippen molar-refractivity contribution in [1.82, 2.24) is 15.0 Å². The molecule has 0 saturated carbocycles. The van der Waals surface area contributed by atoms with Crippen LogP contribution in [-0.2, 0) is 11.3 Å². The highest BCUT2D eigenvalue weighted by molar-refractivity contribution is 5.81. The minimum absolute atomic E-state index is 0.0508. The molecule has 1 aromatic carbocycles. The van der Waals surface area contributed by atoms with Crippen molar-refractivity contribution in [3.05, 3.63) is 60.4 Å². The Hall–Kier alpha value is -3.35. The van der Waals surface area contributed by atoms with E-state index in [0.717, 1.165) is 16.7 Å². The average Bonchev–Trinajstić information content (AvgIpc) is 3.42. The van der Waals surface area contributed by atoms with Gasteiger partial charge in [0.05, 0.1) is 18.7 Å². The van der Waals surface area contributed by atoms with Crippen molar-refractivity contribution in [3.8, 4) is 11.6 Å². The van der Waals surface area contributed by atoms with Crippen LogP contribution in [0, 0.1) is 0 Å². The van der Waals surface area contributed by atoms with Gasteiger partial charge in [0.25, 0.3) is 0 Å². The van der Waals surface area contributed by atoms with Crippen LogP contribution in [0.2, 0.25) is 0 Å². The topological polar surface area (TPSA) is 85.5 Å². The van der Waals surface area contributed by atoms with Crippen molar-refractivity contribution in [1.29, 1.82) is 0 Å². The maximum Gasteiger partial charge on any atom is 0.238 e. The smallest absolute Gasteiger partial charge is 0.238 e. The number of fused-ring (bicyclic) bond motifs is 1. The van der Waals surface area contributed by atoms with E-state index >= 15 is 0 Å². The molecule has 0 radical (unpaired) electrons. The number of amides is 1. The second kappa shape index (κ2) is 5.87. The van der Waals surface area contributed by atoms with Crippen LogP contribution in [0.5, 0.6) is 0 Å². The largest absolute Gasteiger partial charge is 0.467 e. The van der Waals surface area contributed by atoms with Crippen LogP contribution in [0.3, 0.4) is 0 Å². The van der Waals surface area contributed by atoms with Gasteiger partial charge < -0.3 is 18.3 Å². The monoisotopic (exact) mass is 349 g/mol. The van der Waals surface area contributed by atoms with Crippen molar-refractivity contribution >= 4 is 16.9 Å². The van der Waals surface area contributed by atoms with E-state index in [1.54, 1.807) is 11.2 Å². The van der Waals surface area contributed by atoms with Crippen molar-refractivity contribution in [2.75, 3.05) is 6.54 Å². The quantitative estimate of drug-likeness (QED) is 0.560. The van der Waals surface area contributed by atoms with Crippen LogP contribution >= 0.6 is 0 Å². The number of hydrogen-bond donors (Lipinski definition) is 0. The summed E-state index contributed by atoms with van der Waals surface area (Å²) in [5, 5.41) is 5.00. The van der Waals surface area contributed by atoms with E-state index in [1.165, 1.54) is 0 Å². The standard InChI is InChI=1S/C19H15N3O4/c23-17-9-13(10-22(17)11-14-5-3-7-24-14)19-20-18(21-26-19)16-8-12-4-1-2-6-15(12)25-16/h1-8,13H,9-11H2. The minimum atomic E-state index is -0.122. The number of likely N-dealkylation sites (tertiary alicyclic amines) is 1. The summed E-state index contributed by atoms with van der Waals surface area (Å²) < 4.78 is 16.5. The van der Waals surface area contributed by atoms with E-state index < -0.39 is 0 Å². The molecule has 0 N–H and O–H groups in total. The minimum Gasteiger partial charge on any atom is -0.467 e. The second-order valence-corrected chi connectivity index (χ2v) is 6.36. The van der Waals surface area contributed by atoms with Crippen LogP contribution in [0.15, 0.2) is 62.1 Å². The van der Waals surface area contributed by atoms with Gasteiger partial charge in [0.2, 0.25) is 17.6 Å². The molecule has 1 saturated heterocycles. The highest BCUT2D eigenvalue weighted by atomic mass is 16.5. The van der Waals surface area contributed by atoms with Gasteiger partial charge in [-0.3, -0.25) is 4.79 Å². The van der Waals surface area contributed by atoms with Gasteiger partial charge in [0.1, 0.15) is 11.3 Å². The molecule has 0 spiro atoms. The molecule has 26 heavy (non-hydrogen) atoms.